The summed E-state index contributed by atoms with van der Waals surface area (Å²) in [7, 11) is -0.576. The summed E-state index contributed by atoms with van der Waals surface area (Å²) in [5.74, 6) is -0.906. The number of aliphatic hydroxyl groups is 1. The molecule has 1 amide bonds. The van der Waals surface area contributed by atoms with Crippen LogP contribution in [0.2, 0.25) is 0 Å². The molecule has 0 bridgehead atoms. The molecule has 0 unspecified atom stereocenters. The van der Waals surface area contributed by atoms with Crippen LogP contribution in [0.1, 0.15) is 16.4 Å². The Balaban J connectivity index is 0.00000264. The van der Waals surface area contributed by atoms with E-state index < -0.39 is 28.0 Å². The molecule has 1 aromatic heterocycles. The number of sulfonamides is 1. The van der Waals surface area contributed by atoms with Crippen molar-refractivity contribution in [3.63, 3.8) is 0 Å². The lowest BCUT2D eigenvalue weighted by atomic mass is 10.1. The zero-order valence-corrected chi connectivity index (χ0v) is 14.5. The molecule has 2 atom stereocenters. The van der Waals surface area contributed by atoms with Gasteiger partial charge in [-0.3, -0.25) is 4.79 Å². The van der Waals surface area contributed by atoms with Crippen LogP contribution in [0.25, 0.3) is 0 Å². The summed E-state index contributed by atoms with van der Waals surface area (Å²) in [6.45, 7) is 0.300. The van der Waals surface area contributed by atoms with E-state index >= 15 is 0 Å². The highest BCUT2D eigenvalue weighted by atomic mass is 35.5. The number of nitrogens with zero attached hydrogens (tertiary/aromatic N) is 3. The Morgan fingerprint density at radius 3 is 2.70 bits per heavy atom. The lowest BCUT2D eigenvalue weighted by Crippen LogP contribution is -2.33. The molecule has 11 heteroatoms. The van der Waals surface area contributed by atoms with Crippen molar-refractivity contribution in [2.24, 2.45) is 11.7 Å². The minimum atomic E-state index is -3.44. The molecule has 1 aromatic rings. The molecule has 9 nitrogen and oxygen atoms in total. The topological polar surface area (TPSA) is 130 Å². The van der Waals surface area contributed by atoms with Crippen molar-refractivity contribution < 1.29 is 22.7 Å². The first-order valence-electron chi connectivity index (χ1n) is 6.76. The fourth-order valence-corrected chi connectivity index (χ4v) is 3.43. The first-order chi connectivity index (χ1) is 10.2. The maximum atomic E-state index is 12.3. The fourth-order valence-electron chi connectivity index (χ4n) is 2.27. The highest BCUT2D eigenvalue weighted by Crippen LogP contribution is 2.21. The average Bonchev–Trinajstić information content (AvgIpc) is 3.05. The van der Waals surface area contributed by atoms with E-state index in [2.05, 4.69) is 4.98 Å². The summed E-state index contributed by atoms with van der Waals surface area (Å²) in [5.41, 5.74) is 5.47. The number of carbonyl (C=O) groups is 1. The van der Waals surface area contributed by atoms with Gasteiger partial charge in [-0.2, -0.15) is 0 Å². The van der Waals surface area contributed by atoms with Gasteiger partial charge in [-0.25, -0.2) is 17.7 Å². The van der Waals surface area contributed by atoms with E-state index in [-0.39, 0.29) is 49.4 Å². The number of aliphatic hydroxyl groups excluding tert-OH is 1. The van der Waals surface area contributed by atoms with E-state index in [1.165, 1.54) is 25.3 Å². The highest BCUT2D eigenvalue weighted by Gasteiger charge is 2.38. The van der Waals surface area contributed by atoms with Crippen molar-refractivity contribution in [3.05, 3.63) is 17.8 Å². The summed E-state index contributed by atoms with van der Waals surface area (Å²) in [6, 6.07) is 0. The molecule has 1 saturated heterocycles. The molecular formula is C12H21ClN4O5S. The lowest BCUT2D eigenvalue weighted by molar-refractivity contribution is 0.0759. The predicted octanol–water partition coefficient (Wildman–Crippen LogP) is -1.12. The number of carbonyl (C=O) groups excluding carboxylic acids is 1. The Hall–Kier alpha value is -1.20. The summed E-state index contributed by atoms with van der Waals surface area (Å²) in [4.78, 5) is 17.6. The van der Waals surface area contributed by atoms with Gasteiger partial charge in [0.05, 0.1) is 18.4 Å². The van der Waals surface area contributed by atoms with Gasteiger partial charge in [0.15, 0.2) is 5.69 Å². The molecule has 2 heterocycles. The van der Waals surface area contributed by atoms with Gasteiger partial charge < -0.3 is 20.2 Å². The van der Waals surface area contributed by atoms with Crippen LogP contribution in [-0.4, -0.2) is 72.7 Å². The van der Waals surface area contributed by atoms with Crippen LogP contribution in [0.4, 0.5) is 0 Å². The van der Waals surface area contributed by atoms with Crippen LogP contribution < -0.4 is 5.73 Å². The van der Waals surface area contributed by atoms with Crippen molar-refractivity contribution in [2.45, 2.75) is 12.6 Å². The second kappa shape index (κ2) is 7.58. The van der Waals surface area contributed by atoms with Crippen LogP contribution in [-0.2, 0) is 16.6 Å². The molecule has 0 aromatic carbocycles. The zero-order chi connectivity index (χ0) is 16.5. The van der Waals surface area contributed by atoms with E-state index in [1.54, 1.807) is 0 Å². The summed E-state index contributed by atoms with van der Waals surface area (Å²) in [6.07, 6.45) is 0.320. The number of aromatic nitrogens is 1. The molecule has 132 valence electrons. The van der Waals surface area contributed by atoms with Crippen LogP contribution in [0.5, 0.6) is 0 Å². The second-order valence-corrected chi connectivity index (χ2v) is 7.66. The SMILES string of the molecule is CN(C)S(=O)(=O)C[C@@H]1CN(C(=O)c2coc(CN)n2)C[C@H]1O.Cl. The molecule has 3 N–H and O–H groups in total. The molecule has 0 radical (unpaired) electrons. The first kappa shape index (κ1) is 19.8. The predicted molar refractivity (Wildman–Crippen MR) is 84.5 cm³/mol. The van der Waals surface area contributed by atoms with Crippen molar-refractivity contribution in [3.8, 4) is 0 Å². The van der Waals surface area contributed by atoms with Crippen molar-refractivity contribution >= 4 is 28.3 Å². The van der Waals surface area contributed by atoms with E-state index in [1.807, 2.05) is 0 Å². The Labute approximate surface area is 140 Å². The third-order valence-electron chi connectivity index (χ3n) is 3.62. The molecule has 0 spiro atoms. The van der Waals surface area contributed by atoms with Gasteiger partial charge in [-0.1, -0.05) is 0 Å². The number of likely N-dealkylation sites (tertiary alicyclic amines) is 1. The quantitative estimate of drug-likeness (QED) is 0.673. The van der Waals surface area contributed by atoms with Crippen molar-refractivity contribution in [1.29, 1.82) is 0 Å². The molecule has 0 aliphatic carbocycles. The fraction of sp³-hybridized carbons (Fsp3) is 0.667. The normalized spacial score (nSPS) is 21.5. The van der Waals surface area contributed by atoms with Crippen LogP contribution in [0, 0.1) is 5.92 Å². The van der Waals surface area contributed by atoms with E-state index in [0.717, 1.165) is 4.31 Å². The number of hydrogen-bond acceptors (Lipinski definition) is 7. The maximum absolute atomic E-state index is 12.3. The first-order valence-corrected chi connectivity index (χ1v) is 8.37. The number of nitrogens with two attached hydrogens (primary N) is 1. The number of halogens is 1. The minimum absolute atomic E-state index is 0. The van der Waals surface area contributed by atoms with Crippen LogP contribution in [0.3, 0.4) is 0 Å². The Morgan fingerprint density at radius 2 is 2.17 bits per heavy atom. The molecular weight excluding hydrogens is 348 g/mol. The zero-order valence-electron chi connectivity index (χ0n) is 12.9. The van der Waals surface area contributed by atoms with Gasteiger partial charge in [-0.15, -0.1) is 12.4 Å². The standard InChI is InChI=1S/C12H20N4O5S.ClH/c1-15(2)22(19,20)7-8-4-16(5-10(8)17)12(18)9-6-21-11(3-13)14-9;/h6,8,10,17H,3-5,7,13H2,1-2H3;1H/t8-,10+;/m0./s1. The Kier molecular flexibility index (Phi) is 6.54. The Morgan fingerprint density at radius 1 is 1.52 bits per heavy atom. The van der Waals surface area contributed by atoms with Crippen molar-refractivity contribution in [1.82, 2.24) is 14.2 Å². The van der Waals surface area contributed by atoms with Crippen molar-refractivity contribution in [2.75, 3.05) is 32.9 Å². The van der Waals surface area contributed by atoms with Crippen LogP contribution in [0.15, 0.2) is 10.7 Å². The summed E-state index contributed by atoms with van der Waals surface area (Å²) >= 11 is 0. The lowest BCUT2D eigenvalue weighted by Gasteiger charge is -2.17. The summed E-state index contributed by atoms with van der Waals surface area (Å²) in [5, 5.41) is 10.0. The minimum Gasteiger partial charge on any atom is -0.447 e. The third kappa shape index (κ3) is 4.42. The number of rotatable bonds is 5. The molecule has 1 aliphatic rings. The van der Waals surface area contributed by atoms with Gasteiger partial charge in [0.1, 0.15) is 6.26 Å². The van der Waals surface area contributed by atoms with Gasteiger partial charge in [0.25, 0.3) is 5.91 Å². The van der Waals surface area contributed by atoms with Gasteiger partial charge in [0, 0.05) is 33.1 Å². The van der Waals surface area contributed by atoms with Crippen LogP contribution >= 0.6 is 12.4 Å². The van der Waals surface area contributed by atoms with Gasteiger partial charge >= 0.3 is 0 Å². The smallest absolute Gasteiger partial charge is 0.275 e. The third-order valence-corrected chi connectivity index (χ3v) is 5.58. The Bertz CT molecular complexity index is 648. The highest BCUT2D eigenvalue weighted by molar-refractivity contribution is 7.89. The molecule has 2 rings (SSSR count). The van der Waals surface area contributed by atoms with Gasteiger partial charge in [-0.05, 0) is 0 Å². The number of hydrogen-bond donors (Lipinski definition) is 2. The number of β-amino-alcohol motifs (C(OH)–C–C–N with tert-alkyl or cyclic N) is 1. The number of amides is 1. The molecule has 23 heavy (non-hydrogen) atoms. The van der Waals surface area contributed by atoms with E-state index in [0.29, 0.717) is 0 Å². The molecule has 1 aliphatic heterocycles. The van der Waals surface area contributed by atoms with Gasteiger partial charge in [0.2, 0.25) is 15.9 Å². The maximum Gasteiger partial charge on any atom is 0.275 e. The summed E-state index contributed by atoms with van der Waals surface area (Å²) < 4.78 is 29.9. The number of oxazole rings is 1. The van der Waals surface area contributed by atoms with E-state index in [4.69, 9.17) is 10.2 Å². The average molecular weight is 369 g/mol. The molecule has 1 fully saturated rings. The molecule has 0 saturated carbocycles. The largest absolute Gasteiger partial charge is 0.447 e. The van der Waals surface area contributed by atoms with E-state index in [9.17, 15) is 18.3 Å². The monoisotopic (exact) mass is 368 g/mol. The second-order valence-electron chi connectivity index (χ2n) is 5.43.